The van der Waals surface area contributed by atoms with E-state index in [9.17, 15) is 9.59 Å². The highest BCUT2D eigenvalue weighted by Gasteiger charge is 2.16. The molecule has 6 heteroatoms. The van der Waals surface area contributed by atoms with E-state index in [-0.39, 0.29) is 11.8 Å². The largest absolute Gasteiger partial charge is 0.355 e. The SMILES string of the molecule is O=C(CSc1ccccc1C(=O)NCc1ccccn1)NCC1CCCCC1. The van der Waals surface area contributed by atoms with Crippen LogP contribution in [0.5, 0.6) is 0 Å². The van der Waals surface area contributed by atoms with Crippen molar-refractivity contribution >= 4 is 23.6 Å². The summed E-state index contributed by atoms with van der Waals surface area (Å²) in [5.74, 6) is 0.806. The molecule has 0 atom stereocenters. The van der Waals surface area contributed by atoms with Crippen LogP contribution in [0.25, 0.3) is 0 Å². The number of benzene rings is 1. The fourth-order valence-corrected chi connectivity index (χ4v) is 4.27. The van der Waals surface area contributed by atoms with E-state index in [2.05, 4.69) is 15.6 Å². The molecule has 1 saturated carbocycles. The number of nitrogens with zero attached hydrogens (tertiary/aromatic N) is 1. The third-order valence-electron chi connectivity index (χ3n) is 4.96. The second-order valence-electron chi connectivity index (χ2n) is 7.10. The first kappa shape index (κ1) is 20.4. The average Bonchev–Trinajstić information content (AvgIpc) is 2.76. The molecule has 28 heavy (non-hydrogen) atoms. The summed E-state index contributed by atoms with van der Waals surface area (Å²) in [6, 6.07) is 13.0. The van der Waals surface area contributed by atoms with Gasteiger partial charge in [0, 0.05) is 17.6 Å². The summed E-state index contributed by atoms with van der Waals surface area (Å²) in [4.78, 5) is 29.8. The van der Waals surface area contributed by atoms with Gasteiger partial charge in [0.25, 0.3) is 5.91 Å². The van der Waals surface area contributed by atoms with E-state index < -0.39 is 0 Å². The monoisotopic (exact) mass is 397 g/mol. The molecule has 1 aliphatic carbocycles. The number of carbonyl (C=O) groups is 2. The Morgan fingerprint density at radius 3 is 2.57 bits per heavy atom. The van der Waals surface area contributed by atoms with Crippen LogP contribution >= 0.6 is 11.8 Å². The Morgan fingerprint density at radius 2 is 1.79 bits per heavy atom. The number of thioether (sulfide) groups is 1. The van der Waals surface area contributed by atoms with Crippen molar-refractivity contribution in [1.29, 1.82) is 0 Å². The van der Waals surface area contributed by atoms with Crippen molar-refractivity contribution in [2.24, 2.45) is 5.92 Å². The lowest BCUT2D eigenvalue weighted by atomic mass is 9.89. The van der Waals surface area contributed by atoms with Crippen molar-refractivity contribution in [3.05, 3.63) is 59.9 Å². The Labute approximate surface area is 170 Å². The van der Waals surface area contributed by atoms with E-state index in [4.69, 9.17) is 0 Å². The molecule has 2 amide bonds. The van der Waals surface area contributed by atoms with E-state index >= 15 is 0 Å². The van der Waals surface area contributed by atoms with Crippen LogP contribution in [-0.2, 0) is 11.3 Å². The van der Waals surface area contributed by atoms with Gasteiger partial charge in [-0.1, -0.05) is 37.5 Å². The quantitative estimate of drug-likeness (QED) is 0.665. The molecule has 0 saturated heterocycles. The van der Waals surface area contributed by atoms with Crippen molar-refractivity contribution in [1.82, 2.24) is 15.6 Å². The highest BCUT2D eigenvalue weighted by atomic mass is 32.2. The van der Waals surface area contributed by atoms with E-state index in [1.165, 1.54) is 43.9 Å². The highest BCUT2D eigenvalue weighted by molar-refractivity contribution is 8.00. The fourth-order valence-electron chi connectivity index (χ4n) is 3.39. The zero-order valence-corrected chi connectivity index (χ0v) is 16.8. The van der Waals surface area contributed by atoms with Gasteiger partial charge in [-0.2, -0.15) is 0 Å². The number of carbonyl (C=O) groups excluding carboxylic acids is 2. The lowest BCUT2D eigenvalue weighted by Crippen LogP contribution is -2.31. The van der Waals surface area contributed by atoms with Crippen LogP contribution in [0, 0.1) is 5.92 Å². The van der Waals surface area contributed by atoms with Gasteiger partial charge in [-0.05, 0) is 43.0 Å². The van der Waals surface area contributed by atoms with Crippen LogP contribution in [0.1, 0.15) is 48.2 Å². The standard InChI is InChI=1S/C22H27N3O2S/c26-21(24-14-17-8-2-1-3-9-17)16-28-20-12-5-4-11-19(20)22(27)25-15-18-10-6-7-13-23-18/h4-7,10-13,17H,1-3,8-9,14-16H2,(H,24,26)(H,25,27). The first-order valence-corrected chi connectivity index (χ1v) is 10.9. The smallest absolute Gasteiger partial charge is 0.252 e. The summed E-state index contributed by atoms with van der Waals surface area (Å²) >= 11 is 1.40. The number of nitrogens with one attached hydrogen (secondary N) is 2. The molecule has 1 aromatic carbocycles. The van der Waals surface area contributed by atoms with E-state index in [1.54, 1.807) is 12.3 Å². The molecule has 0 aliphatic heterocycles. The predicted molar refractivity (Wildman–Crippen MR) is 112 cm³/mol. The fraction of sp³-hybridized carbons (Fsp3) is 0.409. The molecule has 0 bridgehead atoms. The van der Waals surface area contributed by atoms with Gasteiger partial charge in [0.2, 0.25) is 5.91 Å². The maximum Gasteiger partial charge on any atom is 0.252 e. The van der Waals surface area contributed by atoms with Crippen LogP contribution in [0.4, 0.5) is 0 Å². The molecular weight excluding hydrogens is 370 g/mol. The molecule has 0 radical (unpaired) electrons. The molecule has 2 N–H and O–H groups in total. The minimum Gasteiger partial charge on any atom is -0.355 e. The maximum absolute atomic E-state index is 12.6. The maximum atomic E-state index is 12.6. The number of amides is 2. The number of aromatic nitrogens is 1. The van der Waals surface area contributed by atoms with Crippen molar-refractivity contribution in [2.75, 3.05) is 12.3 Å². The Morgan fingerprint density at radius 1 is 1.00 bits per heavy atom. The normalized spacial score (nSPS) is 14.4. The topological polar surface area (TPSA) is 71.1 Å². The third kappa shape index (κ3) is 6.37. The van der Waals surface area contributed by atoms with Gasteiger partial charge >= 0.3 is 0 Å². The minimum absolute atomic E-state index is 0.0271. The van der Waals surface area contributed by atoms with Crippen LogP contribution in [-0.4, -0.2) is 29.1 Å². The van der Waals surface area contributed by atoms with Gasteiger partial charge in [0.05, 0.1) is 23.6 Å². The first-order chi connectivity index (χ1) is 13.7. The molecule has 0 unspecified atom stereocenters. The van der Waals surface area contributed by atoms with Gasteiger partial charge < -0.3 is 10.6 Å². The zero-order chi connectivity index (χ0) is 19.6. The Balaban J connectivity index is 1.48. The van der Waals surface area contributed by atoms with Crippen LogP contribution in [0.15, 0.2) is 53.6 Å². The van der Waals surface area contributed by atoms with Gasteiger partial charge in [-0.15, -0.1) is 11.8 Å². The highest BCUT2D eigenvalue weighted by Crippen LogP contribution is 2.24. The molecule has 0 spiro atoms. The van der Waals surface area contributed by atoms with Crippen molar-refractivity contribution < 1.29 is 9.59 Å². The molecule has 2 aromatic rings. The number of pyridine rings is 1. The summed E-state index contributed by atoms with van der Waals surface area (Å²) in [7, 11) is 0. The second-order valence-corrected chi connectivity index (χ2v) is 8.11. The second kappa shape index (κ2) is 10.9. The lowest BCUT2D eigenvalue weighted by molar-refractivity contribution is -0.118. The third-order valence-corrected chi connectivity index (χ3v) is 6.03. The number of hydrogen-bond acceptors (Lipinski definition) is 4. The number of hydrogen-bond donors (Lipinski definition) is 2. The van der Waals surface area contributed by atoms with Crippen molar-refractivity contribution in [3.63, 3.8) is 0 Å². The van der Waals surface area contributed by atoms with E-state index in [1.807, 2.05) is 36.4 Å². The zero-order valence-electron chi connectivity index (χ0n) is 16.0. The van der Waals surface area contributed by atoms with Crippen molar-refractivity contribution in [2.45, 2.75) is 43.5 Å². The summed E-state index contributed by atoms with van der Waals surface area (Å²) in [6.07, 6.45) is 8.00. The first-order valence-electron chi connectivity index (χ1n) is 9.89. The summed E-state index contributed by atoms with van der Waals surface area (Å²) in [5, 5.41) is 5.95. The summed E-state index contributed by atoms with van der Waals surface area (Å²) in [5.41, 5.74) is 1.39. The molecule has 148 valence electrons. The molecule has 1 aromatic heterocycles. The van der Waals surface area contributed by atoms with Gasteiger partial charge in [0.1, 0.15) is 0 Å². The van der Waals surface area contributed by atoms with Crippen LogP contribution in [0.2, 0.25) is 0 Å². The Kier molecular flexibility index (Phi) is 7.91. The van der Waals surface area contributed by atoms with Gasteiger partial charge in [-0.25, -0.2) is 0 Å². The molecule has 1 heterocycles. The molecular formula is C22H27N3O2S. The lowest BCUT2D eigenvalue weighted by Gasteiger charge is -2.21. The van der Waals surface area contributed by atoms with Gasteiger partial charge in [0.15, 0.2) is 0 Å². The van der Waals surface area contributed by atoms with Crippen LogP contribution in [0.3, 0.4) is 0 Å². The molecule has 1 fully saturated rings. The Bertz CT molecular complexity index is 776. The summed E-state index contributed by atoms with van der Waals surface area (Å²) < 4.78 is 0. The van der Waals surface area contributed by atoms with Crippen LogP contribution < -0.4 is 10.6 Å². The van der Waals surface area contributed by atoms with Gasteiger partial charge in [-0.3, -0.25) is 14.6 Å². The average molecular weight is 398 g/mol. The Hall–Kier alpha value is -2.34. The van der Waals surface area contributed by atoms with E-state index in [0.717, 1.165) is 17.1 Å². The molecule has 1 aliphatic rings. The minimum atomic E-state index is -0.156. The van der Waals surface area contributed by atoms with E-state index in [0.29, 0.717) is 23.8 Å². The van der Waals surface area contributed by atoms with Crippen molar-refractivity contribution in [3.8, 4) is 0 Å². The molecule has 5 nitrogen and oxygen atoms in total. The predicted octanol–water partition coefficient (Wildman–Crippen LogP) is 3.80. The number of rotatable bonds is 8. The molecule has 3 rings (SSSR count). The summed E-state index contributed by atoms with van der Waals surface area (Å²) in [6.45, 7) is 1.14.